The molecule has 1 saturated heterocycles. The Morgan fingerprint density at radius 3 is 2.58 bits per heavy atom. The van der Waals surface area contributed by atoms with Crippen LogP contribution in [-0.2, 0) is 23.9 Å². The van der Waals surface area contributed by atoms with Gasteiger partial charge in [0.2, 0.25) is 11.8 Å². The number of nitrogens with one attached hydrogen (secondary N) is 3. The molecule has 0 atom stereocenters. The lowest BCUT2D eigenvalue weighted by Gasteiger charge is -2.28. The van der Waals surface area contributed by atoms with Crippen molar-refractivity contribution in [2.45, 2.75) is 26.1 Å². The molecule has 5 rings (SSSR count). The summed E-state index contributed by atoms with van der Waals surface area (Å²) >= 11 is 0. The van der Waals surface area contributed by atoms with Crippen LogP contribution in [-0.4, -0.2) is 59.5 Å². The number of rotatable bonds is 6. The van der Waals surface area contributed by atoms with Gasteiger partial charge in [-0.25, -0.2) is 14.8 Å². The second-order valence-electron chi connectivity index (χ2n) is 9.54. The summed E-state index contributed by atoms with van der Waals surface area (Å²) in [6, 6.07) is 10.1. The molecule has 210 valence electrons. The molecular weight excluding hydrogens is 527 g/mol. The van der Waals surface area contributed by atoms with E-state index < -0.39 is 17.8 Å². The SMILES string of the molecule is CC(=O)Nc1cc(Oc2ccc3c(c2)CCN3C(=O)Nc2ccc(CN3CCNCC3)c(C(F)(F)F)c2)ncn1. The summed E-state index contributed by atoms with van der Waals surface area (Å²) in [4.78, 5) is 35.8. The van der Waals surface area contributed by atoms with Gasteiger partial charge in [0.15, 0.2) is 0 Å². The average Bonchev–Trinajstić information content (AvgIpc) is 3.33. The van der Waals surface area contributed by atoms with Crippen molar-refractivity contribution in [2.24, 2.45) is 0 Å². The van der Waals surface area contributed by atoms with E-state index in [0.717, 1.165) is 24.7 Å². The van der Waals surface area contributed by atoms with Crippen molar-refractivity contribution in [1.82, 2.24) is 20.2 Å². The minimum absolute atomic E-state index is 0.0773. The van der Waals surface area contributed by atoms with Crippen LogP contribution in [0.15, 0.2) is 48.8 Å². The fourth-order valence-electron chi connectivity index (χ4n) is 4.77. The fraction of sp³-hybridized carbons (Fsp3) is 0.333. The molecule has 0 radical (unpaired) electrons. The first-order chi connectivity index (χ1) is 19.2. The lowest BCUT2D eigenvalue weighted by atomic mass is 10.0. The van der Waals surface area contributed by atoms with Gasteiger partial charge in [-0.2, -0.15) is 13.2 Å². The Kier molecular flexibility index (Phi) is 7.85. The third-order valence-electron chi connectivity index (χ3n) is 6.63. The third kappa shape index (κ3) is 6.49. The van der Waals surface area contributed by atoms with Crippen LogP contribution in [0, 0.1) is 0 Å². The highest BCUT2D eigenvalue weighted by Gasteiger charge is 2.34. The van der Waals surface area contributed by atoms with Gasteiger partial charge < -0.3 is 20.7 Å². The number of piperazine rings is 1. The Hall–Kier alpha value is -4.23. The van der Waals surface area contributed by atoms with E-state index >= 15 is 0 Å². The Balaban J connectivity index is 1.27. The number of carbonyl (C=O) groups excluding carboxylic acids is 2. The van der Waals surface area contributed by atoms with E-state index in [2.05, 4.69) is 25.9 Å². The van der Waals surface area contributed by atoms with Gasteiger partial charge in [-0.15, -0.1) is 0 Å². The molecule has 3 amide bonds. The van der Waals surface area contributed by atoms with Gasteiger partial charge in [0.25, 0.3) is 0 Å². The van der Waals surface area contributed by atoms with E-state index in [-0.39, 0.29) is 29.6 Å². The van der Waals surface area contributed by atoms with Gasteiger partial charge in [-0.05, 0) is 47.9 Å². The van der Waals surface area contributed by atoms with E-state index in [1.807, 2.05) is 4.90 Å². The van der Waals surface area contributed by atoms with Gasteiger partial charge in [0.05, 0.1) is 5.56 Å². The number of hydrogen-bond donors (Lipinski definition) is 3. The topological polar surface area (TPSA) is 112 Å². The molecule has 0 bridgehead atoms. The maximum Gasteiger partial charge on any atom is 0.416 e. The molecule has 13 heteroatoms. The molecule has 0 unspecified atom stereocenters. The Labute approximate surface area is 228 Å². The maximum atomic E-state index is 13.9. The average molecular weight is 556 g/mol. The molecule has 3 aromatic rings. The molecule has 0 saturated carbocycles. The zero-order valence-electron chi connectivity index (χ0n) is 21.7. The summed E-state index contributed by atoms with van der Waals surface area (Å²) in [5, 5.41) is 8.37. The zero-order chi connectivity index (χ0) is 28.3. The molecular formula is C27H28F3N7O3. The molecule has 2 aliphatic heterocycles. The number of alkyl halides is 3. The largest absolute Gasteiger partial charge is 0.439 e. The van der Waals surface area contributed by atoms with Crippen LogP contribution in [0.5, 0.6) is 11.6 Å². The van der Waals surface area contributed by atoms with Gasteiger partial charge in [0, 0.05) is 63.6 Å². The zero-order valence-corrected chi connectivity index (χ0v) is 21.7. The predicted molar refractivity (Wildman–Crippen MR) is 143 cm³/mol. The fourth-order valence-corrected chi connectivity index (χ4v) is 4.77. The van der Waals surface area contributed by atoms with Gasteiger partial charge in [-0.3, -0.25) is 14.6 Å². The first-order valence-corrected chi connectivity index (χ1v) is 12.8. The summed E-state index contributed by atoms with van der Waals surface area (Å²) in [6.07, 6.45) is -2.74. The van der Waals surface area contributed by atoms with Crippen LogP contribution < -0.4 is 25.6 Å². The van der Waals surface area contributed by atoms with Crippen LogP contribution in [0.4, 0.5) is 35.2 Å². The molecule has 2 aliphatic rings. The number of urea groups is 1. The van der Waals surface area contributed by atoms with Crippen molar-refractivity contribution in [3.05, 3.63) is 65.5 Å². The van der Waals surface area contributed by atoms with Gasteiger partial charge >= 0.3 is 12.2 Å². The number of hydrogen-bond acceptors (Lipinski definition) is 7. The summed E-state index contributed by atoms with van der Waals surface area (Å²) in [7, 11) is 0. The van der Waals surface area contributed by atoms with Gasteiger partial charge in [-0.1, -0.05) is 6.07 Å². The first kappa shape index (κ1) is 27.3. The number of amides is 3. The number of carbonyl (C=O) groups is 2. The summed E-state index contributed by atoms with van der Waals surface area (Å²) in [5.74, 6) is 0.726. The number of nitrogens with zero attached hydrogens (tertiary/aromatic N) is 4. The van der Waals surface area contributed by atoms with E-state index in [1.54, 1.807) is 18.2 Å². The minimum Gasteiger partial charge on any atom is -0.439 e. The number of aromatic nitrogens is 2. The highest BCUT2D eigenvalue weighted by molar-refractivity contribution is 6.03. The lowest BCUT2D eigenvalue weighted by Crippen LogP contribution is -2.43. The quantitative estimate of drug-likeness (QED) is 0.417. The molecule has 3 heterocycles. The minimum atomic E-state index is -4.55. The molecule has 1 aromatic heterocycles. The molecule has 1 fully saturated rings. The highest BCUT2D eigenvalue weighted by Crippen LogP contribution is 2.36. The van der Waals surface area contributed by atoms with E-state index in [9.17, 15) is 22.8 Å². The number of fused-ring (bicyclic) bond motifs is 1. The van der Waals surface area contributed by atoms with Crippen molar-refractivity contribution >= 4 is 29.1 Å². The number of anilines is 3. The van der Waals surface area contributed by atoms with Crippen LogP contribution in [0.3, 0.4) is 0 Å². The van der Waals surface area contributed by atoms with Crippen LogP contribution >= 0.6 is 0 Å². The van der Waals surface area contributed by atoms with Crippen molar-refractivity contribution in [3.8, 4) is 11.6 Å². The second kappa shape index (κ2) is 11.5. The van der Waals surface area contributed by atoms with Crippen molar-refractivity contribution < 1.29 is 27.5 Å². The Morgan fingerprint density at radius 1 is 1.02 bits per heavy atom. The van der Waals surface area contributed by atoms with Gasteiger partial charge in [0.1, 0.15) is 17.9 Å². The third-order valence-corrected chi connectivity index (χ3v) is 6.63. The molecule has 0 aliphatic carbocycles. The highest BCUT2D eigenvalue weighted by atomic mass is 19.4. The number of halogens is 3. The van der Waals surface area contributed by atoms with Crippen molar-refractivity contribution in [1.29, 1.82) is 0 Å². The van der Waals surface area contributed by atoms with E-state index in [1.165, 1.54) is 36.4 Å². The van der Waals surface area contributed by atoms with Crippen LogP contribution in [0.2, 0.25) is 0 Å². The monoisotopic (exact) mass is 555 g/mol. The summed E-state index contributed by atoms with van der Waals surface area (Å²) in [6.45, 7) is 4.74. The Bertz CT molecular complexity index is 1410. The molecule has 10 nitrogen and oxygen atoms in total. The maximum absolute atomic E-state index is 13.9. The Morgan fingerprint density at radius 2 is 1.82 bits per heavy atom. The predicted octanol–water partition coefficient (Wildman–Crippen LogP) is 4.25. The smallest absolute Gasteiger partial charge is 0.416 e. The first-order valence-electron chi connectivity index (χ1n) is 12.8. The summed E-state index contributed by atoms with van der Waals surface area (Å²) in [5.41, 5.74) is 0.982. The molecule has 2 aromatic carbocycles. The number of ether oxygens (including phenoxy) is 1. The lowest BCUT2D eigenvalue weighted by molar-refractivity contribution is -0.138. The molecule has 3 N–H and O–H groups in total. The van der Waals surface area contributed by atoms with E-state index in [0.29, 0.717) is 43.3 Å². The normalized spacial score (nSPS) is 15.4. The van der Waals surface area contributed by atoms with Crippen LogP contribution in [0.1, 0.15) is 23.6 Å². The van der Waals surface area contributed by atoms with E-state index in [4.69, 9.17) is 4.74 Å². The molecule has 40 heavy (non-hydrogen) atoms. The molecule has 0 spiro atoms. The summed E-state index contributed by atoms with van der Waals surface area (Å²) < 4.78 is 47.5. The number of benzene rings is 2. The van der Waals surface area contributed by atoms with Crippen molar-refractivity contribution in [3.63, 3.8) is 0 Å². The second-order valence-corrected chi connectivity index (χ2v) is 9.54. The van der Waals surface area contributed by atoms with Crippen molar-refractivity contribution in [2.75, 3.05) is 48.3 Å². The van der Waals surface area contributed by atoms with Crippen LogP contribution in [0.25, 0.3) is 0 Å². The standard InChI is InChI=1S/C27H28F3N7O3/c1-17(38)34-24-14-25(33-16-32-24)40-21-4-5-23-18(12-21)6-9-37(23)26(39)35-20-3-2-19(22(13-20)27(28,29)30)15-36-10-7-31-8-11-36/h2-5,12-14,16,31H,6-11,15H2,1H3,(H,35,39)(H,32,33,34,38).